The molecular weight excluding hydrogens is 202 g/mol. The first-order valence-corrected chi connectivity index (χ1v) is 6.73. The molecular formula is C13H25NO2. The summed E-state index contributed by atoms with van der Waals surface area (Å²) in [6.07, 6.45) is 7.94. The van der Waals surface area contributed by atoms with Crippen molar-refractivity contribution < 1.29 is 9.84 Å². The minimum absolute atomic E-state index is 0.362. The van der Waals surface area contributed by atoms with Gasteiger partial charge in [0.1, 0.15) is 0 Å². The summed E-state index contributed by atoms with van der Waals surface area (Å²) in [5, 5.41) is 9.08. The summed E-state index contributed by atoms with van der Waals surface area (Å²) in [4.78, 5) is 2.38. The third kappa shape index (κ3) is 3.44. The highest BCUT2D eigenvalue weighted by Crippen LogP contribution is 2.28. The molecule has 16 heavy (non-hydrogen) atoms. The van der Waals surface area contributed by atoms with Gasteiger partial charge in [0.05, 0.1) is 12.2 Å². The topological polar surface area (TPSA) is 32.7 Å². The molecule has 1 N–H and O–H groups in total. The molecule has 1 saturated heterocycles. The van der Waals surface area contributed by atoms with Crippen molar-refractivity contribution in [2.75, 3.05) is 26.7 Å². The number of aliphatic hydroxyl groups is 1. The van der Waals surface area contributed by atoms with E-state index in [1.165, 1.54) is 25.9 Å². The number of nitrogens with zero attached hydrogens (tertiary/aromatic N) is 1. The lowest BCUT2D eigenvalue weighted by molar-refractivity contribution is -0.0608. The average molecular weight is 227 g/mol. The molecule has 2 aliphatic rings. The molecule has 1 heterocycles. The lowest BCUT2D eigenvalue weighted by Crippen LogP contribution is -2.37. The van der Waals surface area contributed by atoms with Gasteiger partial charge in [-0.1, -0.05) is 0 Å². The predicted molar refractivity (Wildman–Crippen MR) is 64.4 cm³/mol. The Labute approximate surface area is 98.8 Å². The van der Waals surface area contributed by atoms with Gasteiger partial charge in [-0.3, -0.25) is 0 Å². The zero-order valence-electron chi connectivity index (χ0n) is 10.4. The molecule has 0 unspecified atom stereocenters. The van der Waals surface area contributed by atoms with E-state index in [1.54, 1.807) is 0 Å². The van der Waals surface area contributed by atoms with E-state index in [9.17, 15) is 0 Å². The fourth-order valence-electron chi connectivity index (χ4n) is 2.84. The van der Waals surface area contributed by atoms with Gasteiger partial charge in [-0.25, -0.2) is 0 Å². The first-order chi connectivity index (χ1) is 7.78. The molecule has 0 aromatic rings. The van der Waals surface area contributed by atoms with Crippen LogP contribution in [-0.4, -0.2) is 49.0 Å². The van der Waals surface area contributed by atoms with E-state index >= 15 is 0 Å². The first kappa shape index (κ1) is 12.3. The first-order valence-electron chi connectivity index (χ1n) is 6.73. The third-order valence-corrected chi connectivity index (χ3v) is 4.10. The molecule has 1 aliphatic carbocycles. The molecule has 3 heteroatoms. The maximum Gasteiger partial charge on any atom is 0.0603 e. The summed E-state index contributed by atoms with van der Waals surface area (Å²) >= 11 is 0. The Bertz CT molecular complexity index is 194. The number of likely N-dealkylation sites (tertiary alicyclic amines) is 1. The van der Waals surface area contributed by atoms with Crippen molar-refractivity contribution in [1.29, 1.82) is 0 Å². The Morgan fingerprint density at radius 2 is 1.56 bits per heavy atom. The second-order valence-electron chi connectivity index (χ2n) is 5.46. The molecule has 3 nitrogen and oxygen atoms in total. The van der Waals surface area contributed by atoms with E-state index in [1.807, 2.05) is 0 Å². The van der Waals surface area contributed by atoms with Crippen LogP contribution in [-0.2, 0) is 4.74 Å². The quantitative estimate of drug-likeness (QED) is 0.795. The third-order valence-electron chi connectivity index (χ3n) is 4.10. The Morgan fingerprint density at radius 3 is 2.12 bits per heavy atom. The largest absolute Gasteiger partial charge is 0.396 e. The average Bonchev–Trinajstić information content (AvgIpc) is 2.33. The summed E-state index contributed by atoms with van der Waals surface area (Å²) in [6.45, 7) is 2.72. The molecule has 94 valence electrons. The Balaban J connectivity index is 1.66. The fraction of sp³-hybridized carbons (Fsp3) is 1.00. The summed E-state index contributed by atoms with van der Waals surface area (Å²) < 4.78 is 6.17. The molecule has 2 fully saturated rings. The van der Waals surface area contributed by atoms with Crippen molar-refractivity contribution in [1.82, 2.24) is 4.90 Å². The minimum Gasteiger partial charge on any atom is -0.396 e. The van der Waals surface area contributed by atoms with Crippen LogP contribution in [0.2, 0.25) is 0 Å². The standard InChI is InChI=1S/C13H25NO2/c1-14-8-6-13(7-9-14)16-12-4-2-11(10-15)3-5-12/h11-13,15H,2-10H2,1H3. The molecule has 1 saturated carbocycles. The SMILES string of the molecule is CN1CCC(OC2CCC(CO)CC2)CC1. The number of aliphatic hydroxyl groups excluding tert-OH is 1. The van der Waals surface area contributed by atoms with Crippen LogP contribution < -0.4 is 0 Å². The van der Waals surface area contributed by atoms with E-state index in [4.69, 9.17) is 9.84 Å². The van der Waals surface area contributed by atoms with Crippen LogP contribution in [0.5, 0.6) is 0 Å². The minimum atomic E-state index is 0.362. The van der Waals surface area contributed by atoms with Crippen LogP contribution in [0.1, 0.15) is 38.5 Å². The number of hydrogen-bond donors (Lipinski definition) is 1. The summed E-state index contributed by atoms with van der Waals surface area (Å²) in [6, 6.07) is 0. The molecule has 0 amide bonds. The number of ether oxygens (including phenoxy) is 1. The number of piperidine rings is 1. The van der Waals surface area contributed by atoms with Gasteiger partial charge in [0.25, 0.3) is 0 Å². The Morgan fingerprint density at radius 1 is 1.00 bits per heavy atom. The summed E-state index contributed by atoms with van der Waals surface area (Å²) in [5.74, 6) is 0.539. The van der Waals surface area contributed by atoms with Crippen molar-refractivity contribution in [3.63, 3.8) is 0 Å². The van der Waals surface area contributed by atoms with Gasteiger partial charge in [-0.15, -0.1) is 0 Å². The van der Waals surface area contributed by atoms with Crippen LogP contribution in [0.3, 0.4) is 0 Å². The number of hydrogen-bond acceptors (Lipinski definition) is 3. The van der Waals surface area contributed by atoms with E-state index in [-0.39, 0.29) is 0 Å². The van der Waals surface area contributed by atoms with E-state index in [2.05, 4.69) is 11.9 Å². The zero-order chi connectivity index (χ0) is 11.4. The maximum absolute atomic E-state index is 9.08. The van der Waals surface area contributed by atoms with Crippen LogP contribution in [0.15, 0.2) is 0 Å². The van der Waals surface area contributed by atoms with Gasteiger partial charge in [-0.2, -0.15) is 0 Å². The van der Waals surface area contributed by atoms with Gasteiger partial charge in [0, 0.05) is 19.7 Å². The fourth-order valence-corrected chi connectivity index (χ4v) is 2.84. The van der Waals surface area contributed by atoms with Gasteiger partial charge in [0.2, 0.25) is 0 Å². The van der Waals surface area contributed by atoms with Crippen molar-refractivity contribution in [3.8, 4) is 0 Å². The molecule has 2 rings (SSSR count). The van der Waals surface area contributed by atoms with E-state index < -0.39 is 0 Å². The van der Waals surface area contributed by atoms with Gasteiger partial charge < -0.3 is 14.7 Å². The van der Waals surface area contributed by atoms with Crippen LogP contribution in [0, 0.1) is 5.92 Å². The molecule has 0 radical (unpaired) electrons. The van der Waals surface area contributed by atoms with Gasteiger partial charge in [-0.05, 0) is 51.5 Å². The van der Waals surface area contributed by atoms with Crippen LogP contribution >= 0.6 is 0 Å². The highest BCUT2D eigenvalue weighted by atomic mass is 16.5. The highest BCUT2D eigenvalue weighted by Gasteiger charge is 2.25. The van der Waals surface area contributed by atoms with Crippen LogP contribution in [0.25, 0.3) is 0 Å². The molecule has 0 bridgehead atoms. The predicted octanol–water partition coefficient (Wildman–Crippen LogP) is 1.65. The normalized spacial score (nSPS) is 34.1. The monoisotopic (exact) mass is 227 g/mol. The van der Waals surface area contributed by atoms with Gasteiger partial charge >= 0.3 is 0 Å². The Kier molecular flexibility index (Phi) is 4.62. The summed E-state index contributed by atoms with van der Waals surface area (Å²) in [7, 11) is 2.18. The zero-order valence-corrected chi connectivity index (χ0v) is 10.4. The van der Waals surface area contributed by atoms with Crippen molar-refractivity contribution in [2.45, 2.75) is 50.7 Å². The highest BCUT2D eigenvalue weighted by molar-refractivity contribution is 4.76. The maximum atomic E-state index is 9.08. The van der Waals surface area contributed by atoms with Gasteiger partial charge in [0.15, 0.2) is 0 Å². The molecule has 0 spiro atoms. The van der Waals surface area contributed by atoms with E-state index in [0.717, 1.165) is 25.7 Å². The molecule has 0 aromatic heterocycles. The van der Waals surface area contributed by atoms with Crippen molar-refractivity contribution in [2.24, 2.45) is 5.92 Å². The lowest BCUT2D eigenvalue weighted by atomic mass is 9.88. The lowest BCUT2D eigenvalue weighted by Gasteiger charge is -2.34. The second kappa shape index (κ2) is 5.99. The molecule has 1 aliphatic heterocycles. The smallest absolute Gasteiger partial charge is 0.0603 e. The Hall–Kier alpha value is -0.120. The van der Waals surface area contributed by atoms with Crippen molar-refractivity contribution in [3.05, 3.63) is 0 Å². The molecule has 0 atom stereocenters. The summed E-state index contributed by atoms with van der Waals surface area (Å²) in [5.41, 5.74) is 0. The second-order valence-corrected chi connectivity index (χ2v) is 5.46. The van der Waals surface area contributed by atoms with Crippen molar-refractivity contribution >= 4 is 0 Å². The van der Waals surface area contributed by atoms with E-state index in [0.29, 0.717) is 24.7 Å². The van der Waals surface area contributed by atoms with Crippen LogP contribution in [0.4, 0.5) is 0 Å². The molecule has 0 aromatic carbocycles. The number of rotatable bonds is 3.